The van der Waals surface area contributed by atoms with E-state index in [1.807, 2.05) is 30.0 Å². The SMILES string of the molecule is CCCCCCSc1ccc2c3c(cccc13)C(=O)N2. The number of anilines is 1. The lowest BCUT2D eigenvalue weighted by atomic mass is 10.1. The van der Waals surface area contributed by atoms with Gasteiger partial charge in [0.1, 0.15) is 0 Å². The Labute approximate surface area is 123 Å². The van der Waals surface area contributed by atoms with Crippen LogP contribution in [0.5, 0.6) is 0 Å². The van der Waals surface area contributed by atoms with Crippen LogP contribution < -0.4 is 5.32 Å². The van der Waals surface area contributed by atoms with E-state index in [-0.39, 0.29) is 5.91 Å². The summed E-state index contributed by atoms with van der Waals surface area (Å²) < 4.78 is 0. The molecule has 0 saturated heterocycles. The number of carbonyl (C=O) groups excluding carboxylic acids is 1. The van der Waals surface area contributed by atoms with Crippen molar-refractivity contribution in [2.24, 2.45) is 0 Å². The third-order valence-electron chi connectivity index (χ3n) is 3.75. The summed E-state index contributed by atoms with van der Waals surface area (Å²) in [6.07, 6.45) is 5.17. The molecule has 3 rings (SSSR count). The molecule has 0 fully saturated rings. The predicted molar refractivity (Wildman–Crippen MR) is 86.8 cm³/mol. The van der Waals surface area contributed by atoms with Crippen LogP contribution in [0.4, 0.5) is 5.69 Å². The lowest BCUT2D eigenvalue weighted by molar-refractivity contribution is 0.103. The minimum absolute atomic E-state index is 0.0238. The molecule has 0 unspecified atom stereocenters. The fraction of sp³-hybridized carbons (Fsp3) is 0.353. The molecular weight excluding hydrogens is 266 g/mol. The van der Waals surface area contributed by atoms with Gasteiger partial charge in [0, 0.05) is 21.5 Å². The number of nitrogens with one attached hydrogen (secondary N) is 1. The van der Waals surface area contributed by atoms with Crippen LogP contribution in [-0.4, -0.2) is 11.7 Å². The van der Waals surface area contributed by atoms with E-state index < -0.39 is 0 Å². The maximum absolute atomic E-state index is 11.9. The van der Waals surface area contributed by atoms with Crippen LogP contribution in [0.15, 0.2) is 35.2 Å². The van der Waals surface area contributed by atoms with Crippen LogP contribution in [0.3, 0.4) is 0 Å². The van der Waals surface area contributed by atoms with Gasteiger partial charge in [0.2, 0.25) is 0 Å². The average molecular weight is 285 g/mol. The number of carbonyl (C=O) groups is 1. The summed E-state index contributed by atoms with van der Waals surface area (Å²) in [6.45, 7) is 2.24. The van der Waals surface area contributed by atoms with E-state index in [1.54, 1.807) is 0 Å². The first-order chi connectivity index (χ1) is 9.81. The molecule has 1 aliphatic heterocycles. The number of hydrogen-bond acceptors (Lipinski definition) is 2. The predicted octanol–water partition coefficient (Wildman–Crippen LogP) is 5.08. The molecule has 1 heterocycles. The highest BCUT2D eigenvalue weighted by Crippen LogP contribution is 2.38. The van der Waals surface area contributed by atoms with E-state index >= 15 is 0 Å². The summed E-state index contributed by atoms with van der Waals surface area (Å²) in [5, 5.41) is 5.23. The van der Waals surface area contributed by atoms with Gasteiger partial charge >= 0.3 is 0 Å². The Morgan fingerprint density at radius 2 is 2.00 bits per heavy atom. The van der Waals surface area contributed by atoms with Gasteiger partial charge in [-0.15, -0.1) is 11.8 Å². The number of thioether (sulfide) groups is 1. The van der Waals surface area contributed by atoms with E-state index in [4.69, 9.17) is 0 Å². The number of rotatable bonds is 6. The van der Waals surface area contributed by atoms with Crippen molar-refractivity contribution >= 4 is 34.1 Å². The second kappa shape index (κ2) is 5.88. The molecular formula is C17H19NOS. The zero-order valence-corrected chi connectivity index (χ0v) is 12.6. The van der Waals surface area contributed by atoms with E-state index in [2.05, 4.69) is 24.4 Å². The minimum Gasteiger partial charge on any atom is -0.321 e. The number of benzene rings is 2. The van der Waals surface area contributed by atoms with Crippen LogP contribution in [0, 0.1) is 0 Å². The Kier molecular flexibility index (Phi) is 3.97. The molecule has 2 aromatic carbocycles. The van der Waals surface area contributed by atoms with E-state index in [0.29, 0.717) is 0 Å². The Bertz CT molecular complexity index is 651. The maximum atomic E-state index is 11.9. The monoisotopic (exact) mass is 285 g/mol. The molecule has 0 spiro atoms. The average Bonchev–Trinajstić information content (AvgIpc) is 2.79. The van der Waals surface area contributed by atoms with Crippen molar-refractivity contribution in [2.75, 3.05) is 11.1 Å². The highest BCUT2D eigenvalue weighted by Gasteiger charge is 2.21. The summed E-state index contributed by atoms with van der Waals surface area (Å²) in [5.74, 6) is 1.18. The van der Waals surface area contributed by atoms with Gasteiger partial charge in [-0.25, -0.2) is 0 Å². The largest absolute Gasteiger partial charge is 0.321 e. The van der Waals surface area contributed by atoms with Crippen molar-refractivity contribution in [2.45, 2.75) is 37.5 Å². The first-order valence-corrected chi connectivity index (χ1v) is 8.29. The third-order valence-corrected chi connectivity index (χ3v) is 4.91. The fourth-order valence-electron chi connectivity index (χ4n) is 2.70. The van der Waals surface area contributed by atoms with Crippen molar-refractivity contribution in [1.29, 1.82) is 0 Å². The minimum atomic E-state index is 0.0238. The normalized spacial score (nSPS) is 12.9. The summed E-state index contributed by atoms with van der Waals surface area (Å²) >= 11 is 1.91. The molecule has 3 heteroatoms. The summed E-state index contributed by atoms with van der Waals surface area (Å²) in [6, 6.07) is 10.2. The van der Waals surface area contributed by atoms with E-state index in [0.717, 1.165) is 22.4 Å². The Morgan fingerprint density at radius 3 is 2.85 bits per heavy atom. The fourth-order valence-corrected chi connectivity index (χ4v) is 3.76. The molecule has 1 amide bonds. The number of amides is 1. The molecule has 0 radical (unpaired) electrons. The van der Waals surface area contributed by atoms with Crippen molar-refractivity contribution < 1.29 is 4.79 Å². The first kappa shape index (κ1) is 13.5. The van der Waals surface area contributed by atoms with Crippen LogP contribution in [0.2, 0.25) is 0 Å². The summed E-state index contributed by atoms with van der Waals surface area (Å²) in [5.41, 5.74) is 1.77. The van der Waals surface area contributed by atoms with Gasteiger partial charge in [-0.2, -0.15) is 0 Å². The van der Waals surface area contributed by atoms with Crippen molar-refractivity contribution in [3.05, 3.63) is 35.9 Å². The van der Waals surface area contributed by atoms with Gasteiger partial charge in [-0.1, -0.05) is 38.3 Å². The molecule has 0 aliphatic carbocycles. The van der Waals surface area contributed by atoms with Gasteiger partial charge in [0.25, 0.3) is 5.91 Å². The zero-order chi connectivity index (χ0) is 13.9. The van der Waals surface area contributed by atoms with Crippen molar-refractivity contribution in [3.63, 3.8) is 0 Å². The standard InChI is InChI=1S/C17H19NOS/c1-2-3-4-5-11-20-15-10-9-14-16-12(15)7-6-8-13(16)17(19)18-14/h6-10H,2-5,11H2,1H3,(H,18,19). The lowest BCUT2D eigenvalue weighted by Crippen LogP contribution is -2.03. The van der Waals surface area contributed by atoms with Crippen molar-refractivity contribution in [1.82, 2.24) is 0 Å². The van der Waals surface area contributed by atoms with Gasteiger partial charge in [0.05, 0.1) is 0 Å². The van der Waals surface area contributed by atoms with Gasteiger partial charge in [-0.05, 0) is 35.8 Å². The Hall–Kier alpha value is -1.48. The molecule has 1 aliphatic rings. The lowest BCUT2D eigenvalue weighted by Gasteiger charge is -2.07. The Balaban J connectivity index is 1.83. The molecule has 104 valence electrons. The third kappa shape index (κ3) is 2.42. The second-order valence-electron chi connectivity index (χ2n) is 5.20. The molecule has 0 atom stereocenters. The highest BCUT2D eigenvalue weighted by atomic mass is 32.2. The molecule has 20 heavy (non-hydrogen) atoms. The molecule has 0 bridgehead atoms. The number of hydrogen-bond donors (Lipinski definition) is 1. The van der Waals surface area contributed by atoms with Crippen LogP contribution in [0.25, 0.3) is 10.8 Å². The first-order valence-electron chi connectivity index (χ1n) is 7.31. The Morgan fingerprint density at radius 1 is 1.10 bits per heavy atom. The number of unbranched alkanes of at least 4 members (excludes halogenated alkanes) is 3. The van der Waals surface area contributed by atoms with E-state index in [9.17, 15) is 4.79 Å². The topological polar surface area (TPSA) is 29.1 Å². The molecule has 0 saturated carbocycles. The summed E-state index contributed by atoms with van der Waals surface area (Å²) in [7, 11) is 0. The second-order valence-corrected chi connectivity index (χ2v) is 6.34. The van der Waals surface area contributed by atoms with Crippen LogP contribution >= 0.6 is 11.8 Å². The van der Waals surface area contributed by atoms with Gasteiger partial charge < -0.3 is 5.32 Å². The van der Waals surface area contributed by atoms with Crippen LogP contribution in [0.1, 0.15) is 43.0 Å². The highest BCUT2D eigenvalue weighted by molar-refractivity contribution is 7.99. The van der Waals surface area contributed by atoms with Gasteiger partial charge in [0.15, 0.2) is 0 Å². The van der Waals surface area contributed by atoms with Crippen LogP contribution in [-0.2, 0) is 0 Å². The zero-order valence-electron chi connectivity index (χ0n) is 11.7. The molecule has 2 aromatic rings. The van der Waals surface area contributed by atoms with Crippen molar-refractivity contribution in [3.8, 4) is 0 Å². The molecule has 2 nitrogen and oxygen atoms in total. The quantitative estimate of drug-likeness (QED) is 0.592. The molecule has 0 aromatic heterocycles. The summed E-state index contributed by atoms with van der Waals surface area (Å²) in [4.78, 5) is 13.2. The van der Waals surface area contributed by atoms with Gasteiger partial charge in [-0.3, -0.25) is 4.79 Å². The molecule has 1 N–H and O–H groups in total. The van der Waals surface area contributed by atoms with E-state index in [1.165, 1.54) is 36.0 Å². The smallest absolute Gasteiger partial charge is 0.256 e. The maximum Gasteiger partial charge on any atom is 0.256 e.